The first kappa shape index (κ1) is 21.6. The minimum Gasteiger partial charge on any atom is -0.494 e. The molecule has 1 aromatic heterocycles. The number of ether oxygens (including phenoxy) is 1. The minimum atomic E-state index is -0.0521. The van der Waals surface area contributed by atoms with Crippen molar-refractivity contribution < 1.29 is 9.53 Å². The predicted octanol–water partition coefficient (Wildman–Crippen LogP) is 4.92. The highest BCUT2D eigenvalue weighted by Crippen LogP contribution is 2.26. The van der Waals surface area contributed by atoms with Gasteiger partial charge in [0.25, 0.3) is 5.91 Å². The van der Waals surface area contributed by atoms with Crippen molar-refractivity contribution >= 4 is 39.3 Å². The molecule has 0 radical (unpaired) electrons. The van der Waals surface area contributed by atoms with Gasteiger partial charge in [0.05, 0.1) is 22.9 Å². The van der Waals surface area contributed by atoms with Crippen LogP contribution in [0.5, 0.6) is 5.75 Å². The number of piperazine rings is 1. The van der Waals surface area contributed by atoms with Crippen LogP contribution in [-0.2, 0) is 0 Å². The Morgan fingerprint density at radius 3 is 2.52 bits per heavy atom. The van der Waals surface area contributed by atoms with E-state index in [0.717, 1.165) is 27.3 Å². The predicted molar refractivity (Wildman–Crippen MR) is 126 cm³/mol. The standard InChI is InChI=1S/C23H22BrClN4O2/c1-2-31-18-6-3-16(4-7-18)21-14-22(27-15-26-21)28-9-11-29(12-10-28)23(30)19-13-17(24)5-8-20(19)25/h3-8,13-15H,2,9-12H2,1H3. The zero-order valence-electron chi connectivity index (χ0n) is 17.1. The molecule has 1 amide bonds. The van der Waals surface area contributed by atoms with Crippen LogP contribution in [-0.4, -0.2) is 53.6 Å². The number of rotatable bonds is 5. The highest BCUT2D eigenvalue weighted by molar-refractivity contribution is 9.10. The summed E-state index contributed by atoms with van der Waals surface area (Å²) in [5.74, 6) is 1.64. The van der Waals surface area contributed by atoms with E-state index in [1.54, 1.807) is 18.5 Å². The first-order chi connectivity index (χ1) is 15.0. The largest absolute Gasteiger partial charge is 0.494 e. The minimum absolute atomic E-state index is 0.0521. The number of aromatic nitrogens is 2. The van der Waals surface area contributed by atoms with Crippen molar-refractivity contribution in [1.29, 1.82) is 0 Å². The molecule has 2 aromatic carbocycles. The molecule has 1 saturated heterocycles. The van der Waals surface area contributed by atoms with E-state index in [1.807, 2.05) is 48.2 Å². The molecular weight excluding hydrogens is 480 g/mol. The molecule has 0 N–H and O–H groups in total. The fourth-order valence-corrected chi connectivity index (χ4v) is 4.10. The summed E-state index contributed by atoms with van der Waals surface area (Å²) in [5, 5.41) is 0.464. The van der Waals surface area contributed by atoms with Gasteiger partial charge in [-0.2, -0.15) is 0 Å². The van der Waals surface area contributed by atoms with E-state index < -0.39 is 0 Å². The third-order valence-electron chi connectivity index (χ3n) is 5.16. The van der Waals surface area contributed by atoms with Gasteiger partial charge in [-0.1, -0.05) is 27.5 Å². The Bertz CT molecular complexity index is 1070. The summed E-state index contributed by atoms with van der Waals surface area (Å²) in [5.41, 5.74) is 2.38. The Balaban J connectivity index is 1.44. The first-order valence-corrected chi connectivity index (χ1v) is 11.3. The number of nitrogens with zero attached hydrogens (tertiary/aromatic N) is 4. The molecule has 0 saturated carbocycles. The summed E-state index contributed by atoms with van der Waals surface area (Å²) in [6, 6.07) is 15.2. The smallest absolute Gasteiger partial charge is 0.255 e. The fraction of sp³-hybridized carbons (Fsp3) is 0.261. The van der Waals surface area contributed by atoms with E-state index in [2.05, 4.69) is 30.8 Å². The van der Waals surface area contributed by atoms with Crippen molar-refractivity contribution in [2.24, 2.45) is 0 Å². The molecule has 31 heavy (non-hydrogen) atoms. The number of benzene rings is 2. The molecule has 8 heteroatoms. The lowest BCUT2D eigenvalue weighted by molar-refractivity contribution is 0.0746. The Hall–Kier alpha value is -2.64. The molecule has 0 aliphatic carbocycles. The van der Waals surface area contributed by atoms with Gasteiger partial charge in [-0.15, -0.1) is 0 Å². The number of hydrogen-bond acceptors (Lipinski definition) is 5. The van der Waals surface area contributed by atoms with Gasteiger partial charge in [-0.3, -0.25) is 4.79 Å². The van der Waals surface area contributed by atoms with E-state index >= 15 is 0 Å². The average Bonchev–Trinajstić information content (AvgIpc) is 2.81. The molecule has 3 aromatic rings. The zero-order chi connectivity index (χ0) is 21.8. The molecule has 6 nitrogen and oxygen atoms in total. The Labute approximate surface area is 194 Å². The number of hydrogen-bond donors (Lipinski definition) is 0. The van der Waals surface area contributed by atoms with Crippen LogP contribution >= 0.6 is 27.5 Å². The van der Waals surface area contributed by atoms with Crippen LogP contribution in [0.25, 0.3) is 11.3 Å². The van der Waals surface area contributed by atoms with Gasteiger partial charge in [-0.25, -0.2) is 9.97 Å². The van der Waals surface area contributed by atoms with Gasteiger partial charge >= 0.3 is 0 Å². The third-order valence-corrected chi connectivity index (χ3v) is 5.99. The summed E-state index contributed by atoms with van der Waals surface area (Å²) in [7, 11) is 0. The summed E-state index contributed by atoms with van der Waals surface area (Å²) in [6.07, 6.45) is 1.58. The molecule has 0 unspecified atom stereocenters. The fourth-order valence-electron chi connectivity index (χ4n) is 3.54. The zero-order valence-corrected chi connectivity index (χ0v) is 19.4. The second kappa shape index (κ2) is 9.66. The second-order valence-electron chi connectivity index (χ2n) is 7.12. The van der Waals surface area contributed by atoms with E-state index in [4.69, 9.17) is 16.3 Å². The van der Waals surface area contributed by atoms with Gasteiger partial charge in [0.15, 0.2) is 0 Å². The maximum absolute atomic E-state index is 12.9. The third kappa shape index (κ3) is 4.99. The van der Waals surface area contributed by atoms with Crippen LogP contribution in [0.3, 0.4) is 0 Å². The number of carbonyl (C=O) groups excluding carboxylic acids is 1. The molecule has 4 rings (SSSR count). The molecule has 0 spiro atoms. The SMILES string of the molecule is CCOc1ccc(-c2cc(N3CCN(C(=O)c4cc(Br)ccc4Cl)CC3)ncn2)cc1. The van der Waals surface area contributed by atoms with Crippen molar-refractivity contribution in [3.8, 4) is 17.0 Å². The maximum atomic E-state index is 12.9. The summed E-state index contributed by atoms with van der Waals surface area (Å²) in [6.45, 7) is 5.19. The van der Waals surface area contributed by atoms with Crippen molar-refractivity contribution in [2.75, 3.05) is 37.7 Å². The monoisotopic (exact) mass is 500 g/mol. The molecular formula is C23H22BrClN4O2. The highest BCUT2D eigenvalue weighted by Gasteiger charge is 2.24. The highest BCUT2D eigenvalue weighted by atomic mass is 79.9. The molecule has 1 aliphatic heterocycles. The van der Waals surface area contributed by atoms with Crippen LogP contribution in [0, 0.1) is 0 Å². The van der Waals surface area contributed by atoms with E-state index in [-0.39, 0.29) is 5.91 Å². The van der Waals surface area contributed by atoms with E-state index in [0.29, 0.717) is 43.4 Å². The molecule has 1 fully saturated rings. The van der Waals surface area contributed by atoms with Crippen LogP contribution < -0.4 is 9.64 Å². The molecule has 0 atom stereocenters. The van der Waals surface area contributed by atoms with Crippen molar-refractivity contribution in [2.45, 2.75) is 6.92 Å². The van der Waals surface area contributed by atoms with Crippen molar-refractivity contribution in [3.05, 3.63) is 69.9 Å². The van der Waals surface area contributed by atoms with Crippen molar-refractivity contribution in [1.82, 2.24) is 14.9 Å². The quantitative estimate of drug-likeness (QED) is 0.497. The molecule has 160 valence electrons. The van der Waals surface area contributed by atoms with Crippen LogP contribution in [0.2, 0.25) is 5.02 Å². The van der Waals surface area contributed by atoms with Crippen LogP contribution in [0.1, 0.15) is 17.3 Å². The summed E-state index contributed by atoms with van der Waals surface area (Å²) >= 11 is 9.64. The number of amides is 1. The summed E-state index contributed by atoms with van der Waals surface area (Å²) in [4.78, 5) is 25.8. The van der Waals surface area contributed by atoms with Crippen LogP contribution in [0.4, 0.5) is 5.82 Å². The lowest BCUT2D eigenvalue weighted by Crippen LogP contribution is -2.49. The Kier molecular flexibility index (Phi) is 6.73. The number of halogens is 2. The maximum Gasteiger partial charge on any atom is 0.255 e. The van der Waals surface area contributed by atoms with Gasteiger partial charge in [-0.05, 0) is 49.4 Å². The first-order valence-electron chi connectivity index (χ1n) is 10.1. The van der Waals surface area contributed by atoms with Crippen molar-refractivity contribution in [3.63, 3.8) is 0 Å². The molecule has 2 heterocycles. The number of carbonyl (C=O) groups is 1. The molecule has 1 aliphatic rings. The van der Waals surface area contributed by atoms with Gasteiger partial charge in [0, 0.05) is 42.3 Å². The van der Waals surface area contributed by atoms with Gasteiger partial charge < -0.3 is 14.5 Å². The van der Waals surface area contributed by atoms with Crippen LogP contribution in [0.15, 0.2) is 59.3 Å². The van der Waals surface area contributed by atoms with Gasteiger partial charge in [0.2, 0.25) is 0 Å². The Morgan fingerprint density at radius 1 is 1.06 bits per heavy atom. The number of anilines is 1. The van der Waals surface area contributed by atoms with E-state index in [1.165, 1.54) is 0 Å². The van der Waals surface area contributed by atoms with E-state index in [9.17, 15) is 4.79 Å². The topological polar surface area (TPSA) is 58.6 Å². The molecule has 0 bridgehead atoms. The Morgan fingerprint density at radius 2 is 1.81 bits per heavy atom. The summed E-state index contributed by atoms with van der Waals surface area (Å²) < 4.78 is 6.34. The normalized spacial score (nSPS) is 13.9. The lowest BCUT2D eigenvalue weighted by atomic mass is 10.1. The lowest BCUT2D eigenvalue weighted by Gasteiger charge is -2.35. The van der Waals surface area contributed by atoms with Gasteiger partial charge in [0.1, 0.15) is 17.9 Å². The second-order valence-corrected chi connectivity index (χ2v) is 8.45. The average molecular weight is 502 g/mol.